The molecule has 0 spiro atoms. The largest absolute Gasteiger partial charge is 0.481 e. The van der Waals surface area contributed by atoms with E-state index in [4.69, 9.17) is 4.74 Å². The minimum Gasteiger partial charge on any atom is -0.481 e. The Bertz CT molecular complexity index is 1120. The van der Waals surface area contributed by atoms with E-state index in [9.17, 15) is 4.79 Å². The van der Waals surface area contributed by atoms with E-state index < -0.39 is 0 Å². The zero-order valence-electron chi connectivity index (χ0n) is 13.1. The van der Waals surface area contributed by atoms with Gasteiger partial charge in [0.2, 0.25) is 5.88 Å². The van der Waals surface area contributed by atoms with Crippen LogP contribution in [0.5, 0.6) is 5.88 Å². The molecule has 8 heteroatoms. The van der Waals surface area contributed by atoms with Crippen LogP contribution in [0, 0.1) is 0 Å². The molecule has 0 aliphatic carbocycles. The van der Waals surface area contributed by atoms with Crippen LogP contribution < -0.4 is 10.3 Å². The predicted molar refractivity (Wildman–Crippen MR) is 97.4 cm³/mol. The molecule has 0 radical (unpaired) electrons. The molecule has 124 valence electrons. The average Bonchev–Trinajstić information content (AvgIpc) is 2.99. The van der Waals surface area contributed by atoms with Crippen LogP contribution in [-0.4, -0.2) is 32.3 Å². The number of hydrogen-bond donors (Lipinski definition) is 2. The quantitative estimate of drug-likeness (QED) is 0.553. The summed E-state index contributed by atoms with van der Waals surface area (Å²) in [6.45, 7) is 0. The van der Waals surface area contributed by atoms with Gasteiger partial charge in [-0.15, -0.1) is 0 Å². The fourth-order valence-corrected chi connectivity index (χ4v) is 3.19. The van der Waals surface area contributed by atoms with Crippen molar-refractivity contribution in [3.63, 3.8) is 0 Å². The van der Waals surface area contributed by atoms with Crippen molar-refractivity contribution < 1.29 is 4.74 Å². The van der Waals surface area contributed by atoms with Crippen LogP contribution in [0.2, 0.25) is 0 Å². The lowest BCUT2D eigenvalue weighted by atomic mass is 10.1. The summed E-state index contributed by atoms with van der Waals surface area (Å²) in [6, 6.07) is 9.01. The maximum atomic E-state index is 12.3. The summed E-state index contributed by atoms with van der Waals surface area (Å²) in [7, 11) is 1.56. The van der Waals surface area contributed by atoms with Gasteiger partial charge in [0.1, 0.15) is 5.52 Å². The van der Waals surface area contributed by atoms with E-state index >= 15 is 0 Å². The first-order chi connectivity index (χ1) is 12.2. The Balaban J connectivity index is 1.91. The van der Waals surface area contributed by atoms with Crippen molar-refractivity contribution in [2.75, 3.05) is 7.11 Å². The van der Waals surface area contributed by atoms with E-state index in [1.54, 1.807) is 31.6 Å². The number of aromatic nitrogens is 5. The molecule has 0 atom stereocenters. The maximum absolute atomic E-state index is 12.3. The topological polar surface area (TPSA) is 96.5 Å². The van der Waals surface area contributed by atoms with E-state index in [2.05, 4.69) is 41.1 Å². The molecule has 0 bridgehead atoms. The second-order valence-corrected chi connectivity index (χ2v) is 6.09. The fourth-order valence-electron chi connectivity index (χ4n) is 2.58. The van der Waals surface area contributed by atoms with Gasteiger partial charge in [-0.3, -0.25) is 9.78 Å². The number of H-pyrrole nitrogens is 2. The van der Waals surface area contributed by atoms with Crippen LogP contribution in [0.4, 0.5) is 0 Å². The first-order valence-electron chi connectivity index (χ1n) is 7.40. The number of rotatable bonds is 3. The predicted octanol–water partition coefficient (Wildman–Crippen LogP) is 3.15. The lowest BCUT2D eigenvalue weighted by molar-refractivity contribution is 0.399. The molecule has 0 saturated heterocycles. The van der Waals surface area contributed by atoms with Crippen molar-refractivity contribution in [2.45, 2.75) is 0 Å². The van der Waals surface area contributed by atoms with Crippen molar-refractivity contribution >= 4 is 27.0 Å². The summed E-state index contributed by atoms with van der Waals surface area (Å²) in [5.74, 6) is 0.500. The molecular formula is C17H12BrN5O2. The van der Waals surface area contributed by atoms with Crippen LogP contribution in [-0.2, 0) is 0 Å². The molecule has 0 aromatic carbocycles. The molecule has 4 heterocycles. The van der Waals surface area contributed by atoms with Crippen molar-refractivity contribution in [1.82, 2.24) is 25.1 Å². The number of hydrogen-bond acceptors (Lipinski definition) is 5. The number of ether oxygens (including phenoxy) is 1. The van der Waals surface area contributed by atoms with Gasteiger partial charge in [0.15, 0.2) is 0 Å². The highest BCUT2D eigenvalue weighted by Gasteiger charge is 2.17. The third kappa shape index (κ3) is 2.70. The van der Waals surface area contributed by atoms with Gasteiger partial charge >= 0.3 is 0 Å². The molecule has 0 saturated carbocycles. The lowest BCUT2D eigenvalue weighted by Crippen LogP contribution is -2.11. The van der Waals surface area contributed by atoms with Crippen molar-refractivity contribution in [3.05, 3.63) is 57.6 Å². The van der Waals surface area contributed by atoms with E-state index in [1.807, 2.05) is 18.2 Å². The Labute approximate surface area is 150 Å². The Hall–Kier alpha value is -3.00. The highest BCUT2D eigenvalue weighted by atomic mass is 79.9. The summed E-state index contributed by atoms with van der Waals surface area (Å²) in [5, 5.41) is 6.66. The van der Waals surface area contributed by atoms with Crippen LogP contribution in [0.25, 0.3) is 33.5 Å². The maximum Gasteiger partial charge on any atom is 0.273 e. The molecule has 4 aromatic rings. The second-order valence-electron chi connectivity index (χ2n) is 5.30. The Morgan fingerprint density at radius 3 is 2.72 bits per heavy atom. The summed E-state index contributed by atoms with van der Waals surface area (Å²) in [6.07, 6.45) is 3.35. The summed E-state index contributed by atoms with van der Waals surface area (Å²) in [5.41, 5.74) is 3.80. The lowest BCUT2D eigenvalue weighted by Gasteiger charge is -2.03. The second kappa shape index (κ2) is 6.14. The van der Waals surface area contributed by atoms with Gasteiger partial charge in [-0.2, -0.15) is 5.10 Å². The number of pyridine rings is 2. The standard InChI is InChI=1S/C17H12BrN5O2/c1-25-13-3-2-11-16(21-13)14(18)15(20-11)10-8-12(22-23-17(10)24)9-4-6-19-7-5-9/h2-8,20H,1H3,(H,23,24). The summed E-state index contributed by atoms with van der Waals surface area (Å²) < 4.78 is 5.86. The molecular weight excluding hydrogens is 386 g/mol. The smallest absolute Gasteiger partial charge is 0.273 e. The van der Waals surface area contributed by atoms with Gasteiger partial charge in [0.05, 0.1) is 34.1 Å². The van der Waals surface area contributed by atoms with Gasteiger partial charge < -0.3 is 9.72 Å². The number of fused-ring (bicyclic) bond motifs is 1. The van der Waals surface area contributed by atoms with Crippen molar-refractivity contribution in [1.29, 1.82) is 0 Å². The van der Waals surface area contributed by atoms with Crippen LogP contribution in [0.15, 0.2) is 52.0 Å². The zero-order valence-corrected chi connectivity index (χ0v) is 14.7. The summed E-state index contributed by atoms with van der Waals surface area (Å²) >= 11 is 3.53. The average molecular weight is 398 g/mol. The van der Waals surface area contributed by atoms with Crippen LogP contribution in [0.3, 0.4) is 0 Å². The number of nitrogens with one attached hydrogen (secondary N) is 2. The van der Waals surface area contributed by atoms with Crippen LogP contribution in [0.1, 0.15) is 0 Å². The van der Waals surface area contributed by atoms with Gasteiger partial charge in [0.25, 0.3) is 5.56 Å². The number of nitrogens with zero attached hydrogens (tertiary/aromatic N) is 3. The van der Waals surface area contributed by atoms with Crippen molar-refractivity contribution in [2.24, 2.45) is 0 Å². The zero-order chi connectivity index (χ0) is 17.4. The molecule has 0 amide bonds. The van der Waals surface area contributed by atoms with Gasteiger partial charge in [-0.25, -0.2) is 10.1 Å². The van der Waals surface area contributed by atoms with E-state index in [0.717, 1.165) is 11.1 Å². The molecule has 4 rings (SSSR count). The normalized spacial score (nSPS) is 11.0. The molecule has 0 fully saturated rings. The number of halogens is 1. The third-order valence-corrected chi connectivity index (χ3v) is 4.59. The third-order valence-electron chi connectivity index (χ3n) is 3.81. The molecule has 7 nitrogen and oxygen atoms in total. The minimum absolute atomic E-state index is 0.294. The van der Waals surface area contributed by atoms with Gasteiger partial charge in [-0.1, -0.05) is 0 Å². The summed E-state index contributed by atoms with van der Waals surface area (Å²) in [4.78, 5) is 24.0. The molecule has 0 aliphatic heterocycles. The molecule has 25 heavy (non-hydrogen) atoms. The number of methoxy groups -OCH3 is 1. The first kappa shape index (κ1) is 15.5. The van der Waals surface area contributed by atoms with Crippen molar-refractivity contribution in [3.8, 4) is 28.4 Å². The van der Waals surface area contributed by atoms with Gasteiger partial charge in [-0.05, 0) is 40.2 Å². The highest BCUT2D eigenvalue weighted by molar-refractivity contribution is 9.10. The molecule has 4 aromatic heterocycles. The Kier molecular flexibility index (Phi) is 3.81. The fraction of sp³-hybridized carbons (Fsp3) is 0.0588. The molecule has 0 aliphatic rings. The SMILES string of the molecule is COc1ccc2[nH]c(-c3cc(-c4ccncc4)n[nH]c3=O)c(Br)c2n1. The van der Waals surface area contributed by atoms with Gasteiger partial charge in [0, 0.05) is 24.0 Å². The first-order valence-corrected chi connectivity index (χ1v) is 8.19. The highest BCUT2D eigenvalue weighted by Crippen LogP contribution is 2.34. The Morgan fingerprint density at radius 1 is 1.16 bits per heavy atom. The van der Waals surface area contributed by atoms with E-state index in [-0.39, 0.29) is 5.56 Å². The molecule has 2 N–H and O–H groups in total. The molecule has 0 unspecified atom stereocenters. The number of aromatic amines is 2. The van der Waals surface area contributed by atoms with E-state index in [0.29, 0.717) is 32.8 Å². The minimum atomic E-state index is -0.294. The van der Waals surface area contributed by atoms with Crippen LogP contribution >= 0.6 is 15.9 Å². The Morgan fingerprint density at radius 2 is 1.96 bits per heavy atom. The van der Waals surface area contributed by atoms with E-state index in [1.165, 1.54) is 0 Å². The monoisotopic (exact) mass is 397 g/mol.